The van der Waals surface area contributed by atoms with Gasteiger partial charge in [-0.3, -0.25) is 9.59 Å². The first kappa shape index (κ1) is 21.7. The normalized spacial score (nSPS) is 12.3. The molecule has 0 saturated heterocycles. The van der Waals surface area contributed by atoms with Gasteiger partial charge in [-0.25, -0.2) is 0 Å². The fraction of sp³-hybridized carbons (Fsp3) is 0.417. The molecule has 0 spiro atoms. The Kier molecular flexibility index (Phi) is 7.38. The molecule has 2 aromatic carbocycles. The van der Waals surface area contributed by atoms with E-state index in [-0.39, 0.29) is 23.8 Å². The molecule has 4 nitrogen and oxygen atoms in total. The third-order valence-corrected chi connectivity index (χ3v) is 4.56. The van der Waals surface area contributed by atoms with Crippen molar-refractivity contribution in [2.75, 3.05) is 0 Å². The van der Waals surface area contributed by atoms with Crippen LogP contribution in [0.2, 0.25) is 0 Å². The second kappa shape index (κ2) is 9.54. The van der Waals surface area contributed by atoms with Crippen LogP contribution in [0, 0.1) is 6.92 Å². The van der Waals surface area contributed by atoms with Gasteiger partial charge in [0.25, 0.3) is 0 Å². The van der Waals surface area contributed by atoms with Gasteiger partial charge in [0.15, 0.2) is 0 Å². The van der Waals surface area contributed by atoms with Gasteiger partial charge in [-0.1, -0.05) is 67.1 Å². The molecule has 0 heterocycles. The first-order valence-corrected chi connectivity index (χ1v) is 9.90. The summed E-state index contributed by atoms with van der Waals surface area (Å²) >= 11 is 0. The van der Waals surface area contributed by atoms with E-state index in [0.29, 0.717) is 13.0 Å². The highest BCUT2D eigenvalue weighted by molar-refractivity contribution is 5.88. The lowest BCUT2D eigenvalue weighted by Gasteiger charge is -2.33. The van der Waals surface area contributed by atoms with Gasteiger partial charge >= 0.3 is 0 Å². The number of nitrogens with one attached hydrogen (secondary N) is 1. The van der Waals surface area contributed by atoms with Crippen LogP contribution >= 0.6 is 0 Å². The van der Waals surface area contributed by atoms with Crippen LogP contribution in [0.3, 0.4) is 0 Å². The van der Waals surface area contributed by atoms with Crippen LogP contribution in [-0.4, -0.2) is 28.3 Å². The van der Waals surface area contributed by atoms with E-state index in [1.54, 1.807) is 4.90 Å². The van der Waals surface area contributed by atoms with Gasteiger partial charge in [-0.15, -0.1) is 0 Å². The molecule has 0 aliphatic rings. The zero-order valence-corrected chi connectivity index (χ0v) is 17.7. The second-order valence-electron chi connectivity index (χ2n) is 8.33. The summed E-state index contributed by atoms with van der Waals surface area (Å²) < 4.78 is 0. The molecule has 0 bridgehead atoms. The van der Waals surface area contributed by atoms with Crippen molar-refractivity contribution in [1.29, 1.82) is 0 Å². The molecule has 2 rings (SSSR count). The van der Waals surface area contributed by atoms with Gasteiger partial charge in [0.1, 0.15) is 6.04 Å². The van der Waals surface area contributed by atoms with E-state index >= 15 is 0 Å². The van der Waals surface area contributed by atoms with E-state index in [1.807, 2.05) is 89.2 Å². The number of benzene rings is 2. The molecule has 0 aliphatic carbocycles. The molecular formula is C24H32N2O2. The number of hydrogen-bond donors (Lipinski definition) is 1. The lowest BCUT2D eigenvalue weighted by Crippen LogP contribution is -2.53. The van der Waals surface area contributed by atoms with E-state index in [0.717, 1.165) is 11.1 Å². The van der Waals surface area contributed by atoms with Crippen molar-refractivity contribution < 1.29 is 9.59 Å². The summed E-state index contributed by atoms with van der Waals surface area (Å²) in [7, 11) is 0. The zero-order valence-electron chi connectivity index (χ0n) is 17.7. The minimum absolute atomic E-state index is 0.0392. The van der Waals surface area contributed by atoms with Crippen LogP contribution in [0.4, 0.5) is 0 Å². The Balaban J connectivity index is 2.28. The molecule has 1 N–H and O–H groups in total. The van der Waals surface area contributed by atoms with Crippen molar-refractivity contribution in [1.82, 2.24) is 10.2 Å². The first-order chi connectivity index (χ1) is 13.2. The molecule has 2 amide bonds. The summed E-state index contributed by atoms with van der Waals surface area (Å²) in [4.78, 5) is 27.8. The zero-order chi connectivity index (χ0) is 20.7. The summed E-state index contributed by atoms with van der Waals surface area (Å²) in [6.45, 7) is 10.3. The van der Waals surface area contributed by atoms with Crippen molar-refractivity contribution in [3.63, 3.8) is 0 Å². The summed E-state index contributed by atoms with van der Waals surface area (Å²) in [5, 5.41) is 3.03. The summed E-state index contributed by atoms with van der Waals surface area (Å²) in [5.74, 6) is -0.147. The molecule has 1 atom stereocenters. The third-order valence-electron chi connectivity index (χ3n) is 4.56. The highest BCUT2D eigenvalue weighted by Gasteiger charge is 2.30. The van der Waals surface area contributed by atoms with Gasteiger partial charge in [0, 0.05) is 12.1 Å². The molecule has 0 aliphatic heterocycles. The molecule has 2 aromatic rings. The van der Waals surface area contributed by atoms with Crippen LogP contribution in [0.5, 0.6) is 0 Å². The van der Waals surface area contributed by atoms with Crippen molar-refractivity contribution in [2.24, 2.45) is 0 Å². The van der Waals surface area contributed by atoms with E-state index in [2.05, 4.69) is 5.32 Å². The van der Waals surface area contributed by atoms with Gasteiger partial charge in [0.2, 0.25) is 11.8 Å². The number of aryl methyl sites for hydroxylation is 1. The maximum absolute atomic E-state index is 13.2. The third kappa shape index (κ3) is 6.52. The van der Waals surface area contributed by atoms with E-state index in [4.69, 9.17) is 0 Å². The summed E-state index contributed by atoms with van der Waals surface area (Å²) in [6, 6.07) is 17.3. The molecule has 150 valence electrons. The Hall–Kier alpha value is -2.62. The number of nitrogens with zero attached hydrogens (tertiary/aromatic N) is 1. The van der Waals surface area contributed by atoms with Crippen molar-refractivity contribution in [3.05, 3.63) is 71.3 Å². The van der Waals surface area contributed by atoms with Crippen molar-refractivity contribution >= 4 is 11.8 Å². The molecule has 0 aromatic heterocycles. The molecular weight excluding hydrogens is 348 g/mol. The van der Waals surface area contributed by atoms with E-state index in [1.165, 1.54) is 5.56 Å². The Morgan fingerprint density at radius 2 is 1.57 bits per heavy atom. The smallest absolute Gasteiger partial charge is 0.243 e. The number of amides is 2. The number of carbonyl (C=O) groups is 2. The average Bonchev–Trinajstić information content (AvgIpc) is 2.62. The SMILES string of the molecule is CC[C@H](C(=O)NC(C)(C)C)N(Cc1ccc(C)cc1)C(=O)Cc1ccccc1. The minimum Gasteiger partial charge on any atom is -0.350 e. The topological polar surface area (TPSA) is 49.4 Å². The maximum atomic E-state index is 13.2. The predicted octanol–water partition coefficient (Wildman–Crippen LogP) is 4.26. The van der Waals surface area contributed by atoms with E-state index in [9.17, 15) is 9.59 Å². The molecule has 0 fully saturated rings. The fourth-order valence-electron chi connectivity index (χ4n) is 3.13. The molecule has 28 heavy (non-hydrogen) atoms. The van der Waals surface area contributed by atoms with Crippen LogP contribution < -0.4 is 5.32 Å². The lowest BCUT2D eigenvalue weighted by atomic mass is 10.0. The molecule has 0 unspecified atom stereocenters. The van der Waals surface area contributed by atoms with Gasteiger partial charge in [-0.05, 0) is 45.2 Å². The summed E-state index contributed by atoms with van der Waals surface area (Å²) in [5.41, 5.74) is 2.80. The van der Waals surface area contributed by atoms with Gasteiger partial charge in [0.05, 0.1) is 6.42 Å². The van der Waals surface area contributed by atoms with Gasteiger partial charge < -0.3 is 10.2 Å². The second-order valence-corrected chi connectivity index (χ2v) is 8.33. The standard InChI is InChI=1S/C24H32N2O2/c1-6-21(23(28)25-24(3,4)5)26(17-20-14-12-18(2)13-15-20)22(27)16-19-10-8-7-9-11-19/h7-15,21H,6,16-17H2,1-5H3,(H,25,28)/t21-/m1/s1. The average molecular weight is 381 g/mol. The van der Waals surface area contributed by atoms with Crippen LogP contribution in [0.15, 0.2) is 54.6 Å². The largest absolute Gasteiger partial charge is 0.350 e. The minimum atomic E-state index is -0.503. The quantitative estimate of drug-likeness (QED) is 0.780. The Bertz CT molecular complexity index is 777. The highest BCUT2D eigenvalue weighted by atomic mass is 16.2. The molecule has 4 heteroatoms. The number of rotatable bonds is 7. The monoisotopic (exact) mass is 380 g/mol. The predicted molar refractivity (Wildman–Crippen MR) is 114 cm³/mol. The van der Waals surface area contributed by atoms with Crippen molar-refractivity contribution in [2.45, 2.75) is 65.6 Å². The van der Waals surface area contributed by atoms with E-state index < -0.39 is 6.04 Å². The Morgan fingerprint density at radius 3 is 2.11 bits per heavy atom. The highest BCUT2D eigenvalue weighted by Crippen LogP contribution is 2.16. The molecule has 0 saturated carbocycles. The maximum Gasteiger partial charge on any atom is 0.243 e. The first-order valence-electron chi connectivity index (χ1n) is 9.90. The number of hydrogen-bond acceptors (Lipinski definition) is 2. The van der Waals surface area contributed by atoms with Gasteiger partial charge in [-0.2, -0.15) is 0 Å². The van der Waals surface area contributed by atoms with Crippen LogP contribution in [-0.2, 0) is 22.6 Å². The Morgan fingerprint density at radius 1 is 0.964 bits per heavy atom. The van der Waals surface area contributed by atoms with Crippen LogP contribution in [0.25, 0.3) is 0 Å². The summed E-state index contributed by atoms with van der Waals surface area (Å²) in [6.07, 6.45) is 0.848. The molecule has 0 radical (unpaired) electrons. The number of carbonyl (C=O) groups excluding carboxylic acids is 2. The fourth-order valence-corrected chi connectivity index (χ4v) is 3.13. The lowest BCUT2D eigenvalue weighted by molar-refractivity contribution is -0.141. The van der Waals surface area contributed by atoms with Crippen molar-refractivity contribution in [3.8, 4) is 0 Å². The Labute approximate surface area is 169 Å². The van der Waals surface area contributed by atoms with Crippen LogP contribution in [0.1, 0.15) is 50.8 Å².